The van der Waals surface area contributed by atoms with E-state index in [1.54, 1.807) is 18.0 Å². The number of ether oxygens (including phenoxy) is 2. The molecule has 0 spiro atoms. The quantitative estimate of drug-likeness (QED) is 0.774. The number of carbonyl (C=O) groups is 1. The lowest BCUT2D eigenvalue weighted by atomic mass is 10.1. The number of amides is 1. The summed E-state index contributed by atoms with van der Waals surface area (Å²) in [6, 6.07) is 3.85. The highest BCUT2D eigenvalue weighted by atomic mass is 16.6. The van der Waals surface area contributed by atoms with Gasteiger partial charge in [-0.25, -0.2) is 24.7 Å². The SMILES string of the molecule is CCOC(=O)N1CCN(c2cnc3ccc(C4=CC(C)N=C(N)OCC=C4)nc3n2)CC1. The monoisotopic (exact) mass is 437 g/mol. The van der Waals surface area contributed by atoms with E-state index in [1.807, 2.05) is 37.3 Å². The number of aromatic nitrogens is 3. The minimum absolute atomic E-state index is 0.154. The van der Waals surface area contributed by atoms with E-state index in [-0.39, 0.29) is 18.2 Å². The molecule has 32 heavy (non-hydrogen) atoms. The Labute approximate surface area is 186 Å². The van der Waals surface area contributed by atoms with E-state index >= 15 is 0 Å². The fraction of sp³-hybridized carbons (Fsp3) is 0.409. The van der Waals surface area contributed by atoms with Crippen LogP contribution in [0, 0.1) is 0 Å². The number of pyridine rings is 1. The summed E-state index contributed by atoms with van der Waals surface area (Å²) in [7, 11) is 0. The summed E-state index contributed by atoms with van der Waals surface area (Å²) < 4.78 is 10.4. The normalized spacial score (nSPS) is 19.4. The van der Waals surface area contributed by atoms with E-state index in [2.05, 4.69) is 14.9 Å². The fourth-order valence-electron chi connectivity index (χ4n) is 3.60. The van der Waals surface area contributed by atoms with Gasteiger partial charge >= 0.3 is 6.09 Å². The molecule has 4 heterocycles. The third-order valence-electron chi connectivity index (χ3n) is 5.20. The van der Waals surface area contributed by atoms with Crippen LogP contribution in [-0.2, 0) is 9.47 Å². The van der Waals surface area contributed by atoms with E-state index in [0.717, 1.165) is 17.1 Å². The molecule has 1 fully saturated rings. The lowest BCUT2D eigenvalue weighted by molar-refractivity contribution is 0.105. The molecule has 0 saturated carbocycles. The third kappa shape index (κ3) is 4.96. The van der Waals surface area contributed by atoms with E-state index in [4.69, 9.17) is 25.2 Å². The maximum atomic E-state index is 11.9. The zero-order chi connectivity index (χ0) is 22.5. The highest BCUT2D eigenvalue weighted by Crippen LogP contribution is 2.21. The minimum atomic E-state index is -0.273. The van der Waals surface area contributed by atoms with Crippen molar-refractivity contribution in [3.05, 3.63) is 42.3 Å². The Morgan fingerprint density at radius 2 is 2.06 bits per heavy atom. The molecule has 2 aliphatic rings. The van der Waals surface area contributed by atoms with Gasteiger partial charge in [-0.15, -0.1) is 0 Å². The molecule has 0 aromatic carbocycles. The number of nitrogens with two attached hydrogens (primary N) is 1. The van der Waals surface area contributed by atoms with Crippen molar-refractivity contribution in [2.75, 3.05) is 44.3 Å². The Morgan fingerprint density at radius 1 is 1.25 bits per heavy atom. The van der Waals surface area contributed by atoms with Gasteiger partial charge in [-0.1, -0.05) is 12.2 Å². The number of aliphatic imine (C=N–C) groups is 1. The molecule has 1 saturated heterocycles. The Balaban J connectivity index is 1.56. The maximum Gasteiger partial charge on any atom is 0.409 e. The molecule has 0 bridgehead atoms. The number of fused-ring (bicyclic) bond motifs is 1. The van der Waals surface area contributed by atoms with Crippen LogP contribution in [0.4, 0.5) is 10.6 Å². The summed E-state index contributed by atoms with van der Waals surface area (Å²) in [5.74, 6) is 0.740. The van der Waals surface area contributed by atoms with Crippen LogP contribution in [0.25, 0.3) is 16.7 Å². The van der Waals surface area contributed by atoms with Crippen LogP contribution in [0.2, 0.25) is 0 Å². The van der Waals surface area contributed by atoms with Gasteiger partial charge in [0, 0.05) is 26.2 Å². The first-order valence-electron chi connectivity index (χ1n) is 10.7. The van der Waals surface area contributed by atoms with Crippen molar-refractivity contribution >= 4 is 34.7 Å². The summed E-state index contributed by atoms with van der Waals surface area (Å²) >= 11 is 0. The molecular formula is C22H27N7O3. The number of allylic oxidation sites excluding steroid dienone is 2. The van der Waals surface area contributed by atoms with Crippen LogP contribution in [0.5, 0.6) is 0 Å². The first-order chi connectivity index (χ1) is 15.5. The van der Waals surface area contributed by atoms with Crippen LogP contribution in [-0.4, -0.2) is 77.4 Å². The summed E-state index contributed by atoms with van der Waals surface area (Å²) in [6.07, 6.45) is 7.29. The summed E-state index contributed by atoms with van der Waals surface area (Å²) in [6.45, 7) is 6.92. The number of piperazine rings is 1. The molecule has 2 aromatic rings. The van der Waals surface area contributed by atoms with Crippen molar-refractivity contribution < 1.29 is 14.3 Å². The van der Waals surface area contributed by atoms with E-state index in [9.17, 15) is 4.79 Å². The smallest absolute Gasteiger partial charge is 0.409 e. The molecule has 2 N–H and O–H groups in total. The highest BCUT2D eigenvalue weighted by molar-refractivity contribution is 5.79. The summed E-state index contributed by atoms with van der Waals surface area (Å²) in [5.41, 5.74) is 8.71. The predicted molar refractivity (Wildman–Crippen MR) is 122 cm³/mol. The lowest BCUT2D eigenvalue weighted by Crippen LogP contribution is -2.49. The Hall–Kier alpha value is -3.69. The van der Waals surface area contributed by atoms with Crippen molar-refractivity contribution in [3.8, 4) is 0 Å². The first kappa shape index (κ1) is 21.5. The molecule has 1 amide bonds. The van der Waals surface area contributed by atoms with Crippen LogP contribution in [0.15, 0.2) is 41.6 Å². The molecule has 2 aromatic heterocycles. The van der Waals surface area contributed by atoms with Crippen LogP contribution in [0.1, 0.15) is 19.5 Å². The Bertz CT molecular complexity index is 1070. The number of amidine groups is 1. The standard InChI is InChI=1S/C22H27N7O3/c1-3-31-22(30)29-10-8-28(9-11-29)19-14-24-18-7-6-17(26-20(18)27-19)16-5-4-12-32-21(23)25-15(2)13-16/h4-7,13-15H,3,8-12H2,1-2H3,(H2,23,25). The van der Waals surface area contributed by atoms with Gasteiger partial charge in [0.05, 0.1) is 24.5 Å². The average molecular weight is 438 g/mol. The average Bonchev–Trinajstić information content (AvgIpc) is 2.88. The molecule has 4 rings (SSSR count). The summed E-state index contributed by atoms with van der Waals surface area (Å²) in [4.78, 5) is 34.1. The number of rotatable bonds is 3. The van der Waals surface area contributed by atoms with E-state index in [0.29, 0.717) is 50.6 Å². The van der Waals surface area contributed by atoms with Gasteiger partial charge in [0.1, 0.15) is 17.9 Å². The van der Waals surface area contributed by atoms with Crippen LogP contribution < -0.4 is 10.6 Å². The molecule has 2 aliphatic heterocycles. The molecule has 1 atom stereocenters. The zero-order valence-corrected chi connectivity index (χ0v) is 18.3. The largest absolute Gasteiger partial charge is 0.461 e. The van der Waals surface area contributed by atoms with Gasteiger partial charge in [-0.3, -0.25) is 0 Å². The van der Waals surface area contributed by atoms with Crippen molar-refractivity contribution in [3.63, 3.8) is 0 Å². The number of nitrogens with zero attached hydrogens (tertiary/aromatic N) is 6. The van der Waals surface area contributed by atoms with Gasteiger partial charge in [0.15, 0.2) is 5.65 Å². The second-order valence-corrected chi connectivity index (χ2v) is 7.48. The molecule has 10 nitrogen and oxygen atoms in total. The molecule has 10 heteroatoms. The van der Waals surface area contributed by atoms with E-state index in [1.165, 1.54) is 0 Å². The van der Waals surface area contributed by atoms with Crippen LogP contribution >= 0.6 is 0 Å². The van der Waals surface area contributed by atoms with Gasteiger partial charge in [-0.2, -0.15) is 0 Å². The van der Waals surface area contributed by atoms with Crippen molar-refractivity contribution in [1.82, 2.24) is 19.9 Å². The number of hydrogen-bond donors (Lipinski definition) is 1. The highest BCUT2D eigenvalue weighted by Gasteiger charge is 2.23. The van der Waals surface area contributed by atoms with Crippen molar-refractivity contribution in [2.24, 2.45) is 10.7 Å². The zero-order valence-electron chi connectivity index (χ0n) is 18.3. The van der Waals surface area contributed by atoms with Crippen molar-refractivity contribution in [1.29, 1.82) is 0 Å². The number of hydrogen-bond acceptors (Lipinski definition) is 9. The lowest BCUT2D eigenvalue weighted by Gasteiger charge is -2.34. The molecule has 0 radical (unpaired) electrons. The van der Waals surface area contributed by atoms with Gasteiger partial charge in [0.2, 0.25) is 0 Å². The first-order valence-corrected chi connectivity index (χ1v) is 10.7. The van der Waals surface area contributed by atoms with Gasteiger partial charge in [-0.05, 0) is 37.6 Å². The van der Waals surface area contributed by atoms with E-state index < -0.39 is 0 Å². The molecule has 168 valence electrons. The summed E-state index contributed by atoms with van der Waals surface area (Å²) in [5, 5.41) is 0. The van der Waals surface area contributed by atoms with Gasteiger partial charge < -0.3 is 25.0 Å². The second-order valence-electron chi connectivity index (χ2n) is 7.48. The predicted octanol–water partition coefficient (Wildman–Crippen LogP) is 1.98. The maximum absolute atomic E-state index is 11.9. The van der Waals surface area contributed by atoms with Gasteiger partial charge in [0.25, 0.3) is 6.02 Å². The van der Waals surface area contributed by atoms with Crippen LogP contribution in [0.3, 0.4) is 0 Å². The topological polar surface area (TPSA) is 119 Å². The fourth-order valence-corrected chi connectivity index (χ4v) is 3.60. The molecular weight excluding hydrogens is 410 g/mol. The Morgan fingerprint density at radius 3 is 2.84 bits per heavy atom. The Kier molecular flexibility index (Phi) is 6.48. The second kappa shape index (κ2) is 9.63. The molecule has 1 unspecified atom stereocenters. The molecule has 0 aliphatic carbocycles. The minimum Gasteiger partial charge on any atom is -0.461 e. The van der Waals surface area contributed by atoms with Crippen molar-refractivity contribution in [2.45, 2.75) is 19.9 Å². The number of anilines is 1. The number of carbonyl (C=O) groups excluding carboxylic acids is 1. The third-order valence-corrected chi connectivity index (χ3v) is 5.20.